The standard InChI is InChI=1S/C13H13BrClNO2/c1-8-9(6-16)4-11(18-8)7-17-13-5-10(14)2-3-12(13)15/h2-5H,6-7,16H2,1H3. The van der Waals surface area contributed by atoms with E-state index in [0.29, 0.717) is 23.9 Å². The molecule has 0 amide bonds. The molecule has 1 aromatic heterocycles. The van der Waals surface area contributed by atoms with E-state index in [9.17, 15) is 0 Å². The predicted molar refractivity (Wildman–Crippen MR) is 74.8 cm³/mol. The van der Waals surface area contributed by atoms with Gasteiger partial charge in [-0.1, -0.05) is 27.5 Å². The molecule has 0 fully saturated rings. The molecule has 1 aromatic carbocycles. The lowest BCUT2D eigenvalue weighted by Gasteiger charge is -2.06. The van der Waals surface area contributed by atoms with Crippen LogP contribution in [0.3, 0.4) is 0 Å². The molecule has 0 saturated carbocycles. The van der Waals surface area contributed by atoms with Crippen molar-refractivity contribution in [3.05, 3.63) is 50.8 Å². The number of hydrogen-bond acceptors (Lipinski definition) is 3. The van der Waals surface area contributed by atoms with Crippen molar-refractivity contribution in [2.24, 2.45) is 5.73 Å². The molecule has 0 spiro atoms. The summed E-state index contributed by atoms with van der Waals surface area (Å²) in [7, 11) is 0. The highest BCUT2D eigenvalue weighted by Gasteiger charge is 2.08. The minimum atomic E-state index is 0.330. The second-order valence-electron chi connectivity index (χ2n) is 3.86. The minimum Gasteiger partial charge on any atom is -0.484 e. The van der Waals surface area contributed by atoms with Gasteiger partial charge in [0, 0.05) is 16.6 Å². The second kappa shape index (κ2) is 5.78. The van der Waals surface area contributed by atoms with Crippen molar-refractivity contribution in [3.8, 4) is 5.75 Å². The first-order chi connectivity index (χ1) is 8.60. The quantitative estimate of drug-likeness (QED) is 0.920. The Balaban J connectivity index is 2.08. The molecule has 1 heterocycles. The van der Waals surface area contributed by atoms with Crippen LogP contribution in [0.25, 0.3) is 0 Å². The van der Waals surface area contributed by atoms with Crippen LogP contribution in [0.2, 0.25) is 5.02 Å². The van der Waals surface area contributed by atoms with Crippen LogP contribution in [0.4, 0.5) is 0 Å². The summed E-state index contributed by atoms with van der Waals surface area (Å²) < 4.78 is 12.1. The number of halogens is 2. The molecule has 3 nitrogen and oxygen atoms in total. The Hall–Kier alpha value is -0.970. The molecule has 0 bridgehead atoms. The van der Waals surface area contributed by atoms with Gasteiger partial charge >= 0.3 is 0 Å². The van der Waals surface area contributed by atoms with E-state index < -0.39 is 0 Å². The van der Waals surface area contributed by atoms with Crippen LogP contribution in [0.5, 0.6) is 5.75 Å². The van der Waals surface area contributed by atoms with Crippen molar-refractivity contribution in [3.63, 3.8) is 0 Å². The minimum absolute atomic E-state index is 0.330. The molecule has 2 aromatic rings. The van der Waals surface area contributed by atoms with Gasteiger partial charge in [-0.3, -0.25) is 0 Å². The third-order valence-electron chi connectivity index (χ3n) is 2.55. The molecule has 18 heavy (non-hydrogen) atoms. The van der Waals surface area contributed by atoms with Gasteiger partial charge in [0.05, 0.1) is 5.02 Å². The van der Waals surface area contributed by atoms with E-state index in [1.807, 2.05) is 25.1 Å². The van der Waals surface area contributed by atoms with E-state index in [4.69, 9.17) is 26.5 Å². The Morgan fingerprint density at radius 1 is 1.39 bits per heavy atom. The Labute approximate surface area is 119 Å². The summed E-state index contributed by atoms with van der Waals surface area (Å²) in [4.78, 5) is 0. The highest BCUT2D eigenvalue weighted by Crippen LogP contribution is 2.29. The first-order valence-corrected chi connectivity index (χ1v) is 6.63. The predicted octanol–water partition coefficient (Wildman–Crippen LogP) is 4.04. The fourth-order valence-corrected chi connectivity index (χ4v) is 2.11. The average molecular weight is 331 g/mol. The zero-order valence-corrected chi connectivity index (χ0v) is 12.2. The van der Waals surface area contributed by atoms with Gasteiger partial charge in [0.15, 0.2) is 0 Å². The van der Waals surface area contributed by atoms with Crippen molar-refractivity contribution in [2.75, 3.05) is 0 Å². The lowest BCUT2D eigenvalue weighted by atomic mass is 10.2. The van der Waals surface area contributed by atoms with E-state index in [1.165, 1.54) is 0 Å². The van der Waals surface area contributed by atoms with E-state index in [-0.39, 0.29) is 0 Å². The first-order valence-electron chi connectivity index (χ1n) is 5.46. The highest BCUT2D eigenvalue weighted by molar-refractivity contribution is 9.10. The lowest BCUT2D eigenvalue weighted by molar-refractivity contribution is 0.267. The largest absolute Gasteiger partial charge is 0.484 e. The second-order valence-corrected chi connectivity index (χ2v) is 5.18. The number of benzene rings is 1. The molecule has 0 saturated heterocycles. The number of rotatable bonds is 4. The van der Waals surface area contributed by atoms with Crippen molar-refractivity contribution in [2.45, 2.75) is 20.1 Å². The molecule has 5 heteroatoms. The smallest absolute Gasteiger partial charge is 0.146 e. The van der Waals surface area contributed by atoms with Gasteiger partial charge in [-0.25, -0.2) is 0 Å². The van der Waals surface area contributed by atoms with Crippen LogP contribution in [0.15, 0.2) is 33.2 Å². The summed E-state index contributed by atoms with van der Waals surface area (Å²) in [6, 6.07) is 7.36. The van der Waals surface area contributed by atoms with Crippen LogP contribution >= 0.6 is 27.5 Å². The fraction of sp³-hybridized carbons (Fsp3) is 0.231. The molecular formula is C13H13BrClNO2. The van der Waals surface area contributed by atoms with Crippen molar-refractivity contribution in [1.82, 2.24) is 0 Å². The number of nitrogens with two attached hydrogens (primary N) is 1. The molecular weight excluding hydrogens is 318 g/mol. The summed E-state index contributed by atoms with van der Waals surface area (Å²) in [6.07, 6.45) is 0. The molecule has 2 N–H and O–H groups in total. The average Bonchev–Trinajstić information content (AvgIpc) is 2.71. The van der Waals surface area contributed by atoms with E-state index in [1.54, 1.807) is 6.07 Å². The molecule has 0 unspecified atom stereocenters. The molecule has 0 atom stereocenters. The molecule has 96 valence electrons. The zero-order chi connectivity index (χ0) is 13.1. The molecule has 2 rings (SSSR count). The van der Waals surface area contributed by atoms with Crippen molar-refractivity contribution < 1.29 is 9.15 Å². The lowest BCUT2D eigenvalue weighted by Crippen LogP contribution is -1.96. The van der Waals surface area contributed by atoms with E-state index in [2.05, 4.69) is 15.9 Å². The van der Waals surface area contributed by atoms with Gasteiger partial charge in [-0.2, -0.15) is 0 Å². The molecule has 0 aliphatic heterocycles. The maximum absolute atomic E-state index is 6.03. The number of furan rings is 1. The van der Waals surface area contributed by atoms with Gasteiger partial charge in [-0.15, -0.1) is 0 Å². The summed E-state index contributed by atoms with van der Waals surface area (Å²) >= 11 is 9.40. The highest BCUT2D eigenvalue weighted by atomic mass is 79.9. The Kier molecular flexibility index (Phi) is 4.32. The number of ether oxygens (including phenoxy) is 1. The van der Waals surface area contributed by atoms with Gasteiger partial charge in [0.25, 0.3) is 0 Å². The zero-order valence-electron chi connectivity index (χ0n) is 9.87. The normalized spacial score (nSPS) is 10.7. The molecule has 0 aliphatic rings. The maximum Gasteiger partial charge on any atom is 0.146 e. The van der Waals surface area contributed by atoms with Gasteiger partial charge in [0.1, 0.15) is 23.9 Å². The first kappa shape index (κ1) is 13.5. The fourth-order valence-electron chi connectivity index (χ4n) is 1.60. The van der Waals surface area contributed by atoms with Gasteiger partial charge in [0.2, 0.25) is 0 Å². The van der Waals surface area contributed by atoms with Gasteiger partial charge in [-0.05, 0) is 31.2 Å². The maximum atomic E-state index is 6.03. The van der Waals surface area contributed by atoms with Crippen molar-refractivity contribution in [1.29, 1.82) is 0 Å². The van der Waals surface area contributed by atoms with Crippen LogP contribution in [0, 0.1) is 6.92 Å². The summed E-state index contributed by atoms with van der Waals surface area (Å²) in [5, 5.41) is 0.570. The van der Waals surface area contributed by atoms with Gasteiger partial charge < -0.3 is 14.9 Å². The third kappa shape index (κ3) is 3.07. The van der Waals surface area contributed by atoms with Crippen molar-refractivity contribution >= 4 is 27.5 Å². The Morgan fingerprint density at radius 3 is 2.83 bits per heavy atom. The van der Waals surface area contributed by atoms with Crippen LogP contribution in [0.1, 0.15) is 17.1 Å². The number of aryl methyl sites for hydroxylation is 1. The van der Waals surface area contributed by atoms with Crippen LogP contribution < -0.4 is 10.5 Å². The summed E-state index contributed by atoms with van der Waals surface area (Å²) in [5.41, 5.74) is 6.58. The summed E-state index contributed by atoms with van der Waals surface area (Å²) in [6.45, 7) is 2.68. The third-order valence-corrected chi connectivity index (χ3v) is 3.36. The Morgan fingerprint density at radius 2 is 2.17 bits per heavy atom. The SMILES string of the molecule is Cc1oc(COc2cc(Br)ccc2Cl)cc1CN. The van der Waals surface area contributed by atoms with Crippen LogP contribution in [-0.4, -0.2) is 0 Å². The summed E-state index contributed by atoms with van der Waals surface area (Å²) in [5.74, 6) is 2.19. The number of hydrogen-bond donors (Lipinski definition) is 1. The van der Waals surface area contributed by atoms with Crippen LogP contribution in [-0.2, 0) is 13.2 Å². The molecule has 0 radical (unpaired) electrons. The topological polar surface area (TPSA) is 48.4 Å². The Bertz CT molecular complexity index is 554. The monoisotopic (exact) mass is 329 g/mol. The molecule has 0 aliphatic carbocycles. The van der Waals surface area contributed by atoms with E-state index in [0.717, 1.165) is 21.6 Å². The van der Waals surface area contributed by atoms with E-state index >= 15 is 0 Å².